The lowest BCUT2D eigenvalue weighted by atomic mass is 9.92. The molecule has 1 unspecified atom stereocenters. The van der Waals surface area contributed by atoms with Crippen LogP contribution in [0.1, 0.15) is 12.5 Å². The molecule has 0 aliphatic heterocycles. The molecule has 0 aliphatic rings. The standard InChI is InChI=1S/C14H21FN2O2/c1-14(13(18)19,16-7-8-17(2)3)10-11-5-4-6-12(15)9-11/h4-6,9,16H,7-8,10H2,1-3H3,(H,18,19). The van der Waals surface area contributed by atoms with Crippen molar-refractivity contribution in [1.29, 1.82) is 0 Å². The first-order valence-corrected chi connectivity index (χ1v) is 6.21. The second kappa shape index (κ2) is 6.63. The van der Waals surface area contributed by atoms with Crippen LogP contribution in [0.25, 0.3) is 0 Å². The zero-order chi connectivity index (χ0) is 14.5. The Labute approximate surface area is 113 Å². The van der Waals surface area contributed by atoms with Crippen molar-refractivity contribution >= 4 is 5.97 Å². The van der Waals surface area contributed by atoms with Crippen molar-refractivity contribution in [2.24, 2.45) is 0 Å². The number of nitrogens with one attached hydrogen (secondary N) is 1. The molecule has 0 aromatic heterocycles. The van der Waals surface area contributed by atoms with E-state index >= 15 is 0 Å². The molecule has 0 spiro atoms. The lowest BCUT2D eigenvalue weighted by molar-refractivity contribution is -0.144. The summed E-state index contributed by atoms with van der Waals surface area (Å²) in [5.74, 6) is -1.28. The van der Waals surface area contributed by atoms with Gasteiger partial charge in [-0.25, -0.2) is 4.39 Å². The topological polar surface area (TPSA) is 52.6 Å². The molecule has 106 valence electrons. The quantitative estimate of drug-likeness (QED) is 0.784. The van der Waals surface area contributed by atoms with Crippen LogP contribution in [0.3, 0.4) is 0 Å². The molecule has 2 N–H and O–H groups in total. The smallest absolute Gasteiger partial charge is 0.323 e. The Morgan fingerprint density at radius 3 is 2.68 bits per heavy atom. The van der Waals surface area contributed by atoms with E-state index in [9.17, 15) is 14.3 Å². The predicted octanol–water partition coefficient (Wildman–Crippen LogP) is 1.36. The maximum absolute atomic E-state index is 13.1. The number of halogens is 1. The van der Waals surface area contributed by atoms with E-state index in [1.807, 2.05) is 19.0 Å². The summed E-state index contributed by atoms with van der Waals surface area (Å²) in [5, 5.41) is 12.4. The molecule has 1 aromatic rings. The lowest BCUT2D eigenvalue weighted by Crippen LogP contribution is -2.52. The highest BCUT2D eigenvalue weighted by atomic mass is 19.1. The lowest BCUT2D eigenvalue weighted by Gasteiger charge is -2.27. The first kappa shape index (κ1) is 15.6. The maximum Gasteiger partial charge on any atom is 0.323 e. The van der Waals surface area contributed by atoms with Gasteiger partial charge in [0.2, 0.25) is 0 Å². The van der Waals surface area contributed by atoms with Crippen LogP contribution in [0.2, 0.25) is 0 Å². The normalized spacial score (nSPS) is 14.4. The van der Waals surface area contributed by atoms with Crippen molar-refractivity contribution in [3.63, 3.8) is 0 Å². The third kappa shape index (κ3) is 4.96. The van der Waals surface area contributed by atoms with Gasteiger partial charge in [-0.1, -0.05) is 12.1 Å². The Balaban J connectivity index is 2.73. The molecule has 4 nitrogen and oxygen atoms in total. The van der Waals surface area contributed by atoms with Gasteiger partial charge in [-0.05, 0) is 38.7 Å². The fraction of sp³-hybridized carbons (Fsp3) is 0.500. The number of hydrogen-bond acceptors (Lipinski definition) is 3. The number of aliphatic carboxylic acids is 1. The summed E-state index contributed by atoms with van der Waals surface area (Å²) in [6.45, 7) is 2.92. The third-order valence-electron chi connectivity index (χ3n) is 2.99. The van der Waals surface area contributed by atoms with Crippen LogP contribution in [-0.4, -0.2) is 48.7 Å². The molecule has 0 aliphatic carbocycles. The van der Waals surface area contributed by atoms with E-state index in [2.05, 4.69) is 5.32 Å². The fourth-order valence-corrected chi connectivity index (χ4v) is 1.82. The molecular formula is C14H21FN2O2. The first-order valence-electron chi connectivity index (χ1n) is 6.21. The first-order chi connectivity index (χ1) is 8.83. The van der Waals surface area contributed by atoms with Crippen molar-refractivity contribution < 1.29 is 14.3 Å². The summed E-state index contributed by atoms with van der Waals surface area (Å²) < 4.78 is 13.1. The number of carboxylic acids is 1. The van der Waals surface area contributed by atoms with Crippen LogP contribution < -0.4 is 5.32 Å². The van der Waals surface area contributed by atoms with Crippen LogP contribution in [0.5, 0.6) is 0 Å². The summed E-state index contributed by atoms with van der Waals surface area (Å²) in [5.41, 5.74) is -0.425. The van der Waals surface area contributed by atoms with Gasteiger partial charge in [0.05, 0.1) is 0 Å². The van der Waals surface area contributed by atoms with Crippen LogP contribution in [0.4, 0.5) is 4.39 Å². The highest BCUT2D eigenvalue weighted by molar-refractivity contribution is 5.78. The molecule has 0 bridgehead atoms. The Morgan fingerprint density at radius 2 is 2.16 bits per heavy atom. The predicted molar refractivity (Wildman–Crippen MR) is 72.7 cm³/mol. The molecule has 0 saturated carbocycles. The average Bonchev–Trinajstić information content (AvgIpc) is 2.28. The number of carbonyl (C=O) groups is 1. The number of rotatable bonds is 7. The van der Waals surface area contributed by atoms with Gasteiger partial charge in [0.25, 0.3) is 0 Å². The molecule has 1 aromatic carbocycles. The Morgan fingerprint density at radius 1 is 1.47 bits per heavy atom. The maximum atomic E-state index is 13.1. The third-order valence-corrected chi connectivity index (χ3v) is 2.99. The van der Waals surface area contributed by atoms with E-state index < -0.39 is 11.5 Å². The highest BCUT2D eigenvalue weighted by Crippen LogP contribution is 2.14. The minimum atomic E-state index is -1.09. The monoisotopic (exact) mass is 268 g/mol. The average molecular weight is 268 g/mol. The minimum absolute atomic E-state index is 0.244. The zero-order valence-corrected chi connectivity index (χ0v) is 11.6. The van der Waals surface area contributed by atoms with E-state index in [1.165, 1.54) is 12.1 Å². The zero-order valence-electron chi connectivity index (χ0n) is 11.6. The van der Waals surface area contributed by atoms with Crippen LogP contribution in [0.15, 0.2) is 24.3 Å². The molecule has 1 atom stereocenters. The van der Waals surface area contributed by atoms with Crippen molar-refractivity contribution in [3.05, 3.63) is 35.6 Å². The van der Waals surface area contributed by atoms with Crippen molar-refractivity contribution in [2.45, 2.75) is 18.9 Å². The second-order valence-corrected chi connectivity index (χ2v) is 5.17. The van der Waals surface area contributed by atoms with Gasteiger partial charge in [0.15, 0.2) is 0 Å². The van der Waals surface area contributed by atoms with Gasteiger partial charge < -0.3 is 15.3 Å². The van der Waals surface area contributed by atoms with Gasteiger partial charge in [-0.3, -0.25) is 4.79 Å². The minimum Gasteiger partial charge on any atom is -0.480 e. The second-order valence-electron chi connectivity index (χ2n) is 5.17. The molecule has 0 heterocycles. The summed E-state index contributed by atoms with van der Waals surface area (Å²) in [7, 11) is 3.85. The van der Waals surface area contributed by atoms with Crippen molar-refractivity contribution in [3.8, 4) is 0 Å². The molecule has 1 rings (SSSR count). The Bertz CT molecular complexity index is 437. The van der Waals surface area contributed by atoms with Gasteiger partial charge in [-0.2, -0.15) is 0 Å². The summed E-state index contributed by atoms with van der Waals surface area (Å²) >= 11 is 0. The Hall–Kier alpha value is -1.46. The van der Waals surface area contributed by atoms with E-state index in [0.717, 1.165) is 6.54 Å². The number of carboxylic acid groups (broad SMARTS) is 1. The van der Waals surface area contributed by atoms with Gasteiger partial charge in [-0.15, -0.1) is 0 Å². The number of benzene rings is 1. The van der Waals surface area contributed by atoms with Gasteiger partial charge >= 0.3 is 5.97 Å². The summed E-state index contributed by atoms with van der Waals surface area (Å²) in [6.07, 6.45) is 0.244. The summed E-state index contributed by atoms with van der Waals surface area (Å²) in [4.78, 5) is 13.4. The number of hydrogen-bond donors (Lipinski definition) is 2. The van der Waals surface area contributed by atoms with E-state index in [0.29, 0.717) is 12.1 Å². The van der Waals surface area contributed by atoms with Gasteiger partial charge in [0.1, 0.15) is 11.4 Å². The molecule has 5 heteroatoms. The van der Waals surface area contributed by atoms with Crippen molar-refractivity contribution in [1.82, 2.24) is 10.2 Å². The van der Waals surface area contributed by atoms with Gasteiger partial charge in [0, 0.05) is 19.5 Å². The fourth-order valence-electron chi connectivity index (χ4n) is 1.82. The van der Waals surface area contributed by atoms with Crippen molar-refractivity contribution in [2.75, 3.05) is 27.2 Å². The van der Waals surface area contributed by atoms with E-state index in [1.54, 1.807) is 19.1 Å². The van der Waals surface area contributed by atoms with E-state index in [4.69, 9.17) is 0 Å². The van der Waals surface area contributed by atoms with Crippen LogP contribution >= 0.6 is 0 Å². The largest absolute Gasteiger partial charge is 0.480 e. The number of likely N-dealkylation sites (N-methyl/N-ethyl adjacent to an activating group) is 1. The summed E-state index contributed by atoms with van der Waals surface area (Å²) in [6, 6.07) is 6.04. The molecule has 0 fully saturated rings. The number of nitrogens with zero attached hydrogens (tertiary/aromatic N) is 1. The van der Waals surface area contributed by atoms with Crippen LogP contribution in [-0.2, 0) is 11.2 Å². The molecule has 19 heavy (non-hydrogen) atoms. The SMILES string of the molecule is CN(C)CCNC(C)(Cc1cccc(F)c1)C(=O)O. The molecule has 0 radical (unpaired) electrons. The molecule has 0 amide bonds. The van der Waals surface area contributed by atoms with Crippen LogP contribution in [0, 0.1) is 5.82 Å². The Kier molecular flexibility index (Phi) is 5.44. The molecule has 0 saturated heterocycles. The van der Waals surface area contributed by atoms with E-state index in [-0.39, 0.29) is 12.2 Å². The highest BCUT2D eigenvalue weighted by Gasteiger charge is 2.32. The molecular weight excluding hydrogens is 247 g/mol.